The molecule has 0 spiro atoms. The third-order valence-electron chi connectivity index (χ3n) is 7.52. The molecule has 6 aromatic rings. The molecular weight excluding hydrogens is 703 g/mol. The molecule has 0 amide bonds. The zero-order valence-electron chi connectivity index (χ0n) is 27.5. The molecule has 6 rings (SSSR count). The van der Waals surface area contributed by atoms with Gasteiger partial charge in [0.15, 0.2) is 11.6 Å². The van der Waals surface area contributed by atoms with Crippen LogP contribution in [0, 0.1) is 19.7 Å². The quantitative estimate of drug-likeness (QED) is 0.147. The van der Waals surface area contributed by atoms with Gasteiger partial charge in [-0.15, -0.1) is 0 Å². The molecular formula is C36H34ClFN4O6S2. The first-order chi connectivity index (χ1) is 23.8. The van der Waals surface area contributed by atoms with E-state index in [4.69, 9.17) is 21.1 Å². The van der Waals surface area contributed by atoms with Crippen LogP contribution >= 0.6 is 11.6 Å². The van der Waals surface area contributed by atoms with Gasteiger partial charge < -0.3 is 18.6 Å². The summed E-state index contributed by atoms with van der Waals surface area (Å²) in [7, 11) is -4.49. The van der Waals surface area contributed by atoms with Crippen molar-refractivity contribution >= 4 is 43.3 Å². The Balaban J connectivity index is 0.000000194. The van der Waals surface area contributed by atoms with E-state index in [0.717, 1.165) is 17.1 Å². The average molecular weight is 737 g/mol. The van der Waals surface area contributed by atoms with Crippen LogP contribution in [-0.2, 0) is 20.0 Å². The average Bonchev–Trinajstić information content (AvgIpc) is 3.65. The number of sulfonamides is 2. The highest BCUT2D eigenvalue weighted by Gasteiger charge is 2.19. The summed E-state index contributed by atoms with van der Waals surface area (Å²) in [6, 6.07) is 33.0. The van der Waals surface area contributed by atoms with E-state index in [-0.39, 0.29) is 15.5 Å². The predicted octanol–water partition coefficient (Wildman–Crippen LogP) is 7.98. The molecule has 0 bridgehead atoms. The lowest BCUT2D eigenvalue weighted by Crippen LogP contribution is -2.15. The summed E-state index contributed by atoms with van der Waals surface area (Å²) in [5.74, 6) is 0.917. The number of aromatic nitrogens is 2. The fraction of sp³-hybridized carbons (Fsp3) is 0.111. The summed E-state index contributed by atoms with van der Waals surface area (Å²) in [6.07, 6.45) is 0. The molecule has 0 aliphatic heterocycles. The van der Waals surface area contributed by atoms with Crippen LogP contribution in [0.2, 0.25) is 5.02 Å². The van der Waals surface area contributed by atoms with Gasteiger partial charge in [-0.05, 0) is 92.7 Å². The fourth-order valence-electron chi connectivity index (χ4n) is 5.10. The molecule has 2 N–H and O–H groups in total. The number of ether oxygens (including phenoxy) is 2. The van der Waals surface area contributed by atoms with Crippen LogP contribution in [0.25, 0.3) is 11.4 Å². The summed E-state index contributed by atoms with van der Waals surface area (Å²) >= 11 is 6.20. The molecule has 4 aromatic carbocycles. The lowest BCUT2D eigenvalue weighted by molar-refractivity contribution is 0.386. The maximum atomic E-state index is 14.0. The van der Waals surface area contributed by atoms with E-state index in [0.29, 0.717) is 28.1 Å². The van der Waals surface area contributed by atoms with Gasteiger partial charge in [0.2, 0.25) is 0 Å². The summed E-state index contributed by atoms with van der Waals surface area (Å²) < 4.78 is 83.0. The van der Waals surface area contributed by atoms with Crippen LogP contribution in [0.1, 0.15) is 11.4 Å². The normalized spacial score (nSPS) is 11.3. The summed E-state index contributed by atoms with van der Waals surface area (Å²) in [6.45, 7) is 3.70. The number of aryl methyl sites for hydroxylation is 2. The first-order valence-corrected chi connectivity index (χ1v) is 18.4. The minimum atomic E-state index is -3.74. The Kier molecular flexibility index (Phi) is 10.9. The van der Waals surface area contributed by atoms with E-state index in [1.807, 2.05) is 26.0 Å². The van der Waals surface area contributed by atoms with Crippen molar-refractivity contribution in [3.8, 4) is 22.9 Å². The van der Waals surface area contributed by atoms with Crippen molar-refractivity contribution < 1.29 is 30.7 Å². The molecule has 0 aliphatic rings. The van der Waals surface area contributed by atoms with E-state index in [1.165, 1.54) is 31.4 Å². The minimum absolute atomic E-state index is 0.125. The molecule has 10 nitrogen and oxygen atoms in total. The van der Waals surface area contributed by atoms with E-state index in [1.54, 1.807) is 101 Å². The van der Waals surface area contributed by atoms with Crippen molar-refractivity contribution in [3.63, 3.8) is 0 Å². The van der Waals surface area contributed by atoms with Crippen LogP contribution in [0.15, 0.2) is 131 Å². The monoisotopic (exact) mass is 736 g/mol. The van der Waals surface area contributed by atoms with Crippen LogP contribution in [0.3, 0.4) is 0 Å². The molecule has 0 saturated heterocycles. The van der Waals surface area contributed by atoms with Gasteiger partial charge in [0.05, 0.1) is 34.7 Å². The van der Waals surface area contributed by atoms with Crippen molar-refractivity contribution in [1.82, 2.24) is 9.13 Å². The zero-order valence-corrected chi connectivity index (χ0v) is 29.9. The Morgan fingerprint density at radius 2 is 1.00 bits per heavy atom. The number of hydrogen-bond acceptors (Lipinski definition) is 6. The fourth-order valence-corrected chi connectivity index (χ4v) is 7.49. The smallest absolute Gasteiger partial charge is 0.263 e. The van der Waals surface area contributed by atoms with Crippen molar-refractivity contribution in [2.45, 2.75) is 23.6 Å². The SMILES string of the molecule is COc1ccc(-n2c(C)ccc2NS(=O)(=O)c2ccccc2)cc1Cl.COc1ccc(-n2c(C)ccc2NS(=O)(=O)c2ccccc2)cc1F. The molecule has 2 heterocycles. The van der Waals surface area contributed by atoms with Gasteiger partial charge in [0.1, 0.15) is 17.4 Å². The zero-order chi connectivity index (χ0) is 36.1. The number of hydrogen-bond donors (Lipinski definition) is 2. The molecule has 50 heavy (non-hydrogen) atoms. The highest BCUT2D eigenvalue weighted by Crippen LogP contribution is 2.31. The standard InChI is InChI=1S/C18H17ClN2O3S.C18H17FN2O3S/c2*1-13-8-11-18(20-25(22,23)15-6-4-3-5-7-15)21(13)14-9-10-17(24-2)16(19)12-14/h2*3-12,20H,1-2H3. The predicted molar refractivity (Wildman–Crippen MR) is 194 cm³/mol. The van der Waals surface area contributed by atoms with Gasteiger partial charge in [-0.25, -0.2) is 21.2 Å². The van der Waals surface area contributed by atoms with E-state index >= 15 is 0 Å². The minimum Gasteiger partial charge on any atom is -0.495 e. The number of nitrogens with zero attached hydrogens (tertiary/aromatic N) is 2. The summed E-state index contributed by atoms with van der Waals surface area (Å²) in [5, 5.41) is 0.449. The molecule has 0 unspecified atom stereocenters. The number of halogens is 2. The van der Waals surface area contributed by atoms with Crippen LogP contribution in [0.5, 0.6) is 11.5 Å². The molecule has 0 atom stereocenters. The summed E-state index contributed by atoms with van der Waals surface area (Å²) in [4.78, 5) is 0.356. The van der Waals surface area contributed by atoms with Crippen molar-refractivity contribution in [3.05, 3.63) is 144 Å². The molecule has 0 saturated carbocycles. The van der Waals surface area contributed by atoms with Gasteiger partial charge >= 0.3 is 0 Å². The van der Waals surface area contributed by atoms with E-state index < -0.39 is 25.9 Å². The number of methoxy groups -OCH3 is 2. The highest BCUT2D eigenvalue weighted by molar-refractivity contribution is 7.93. The molecule has 0 radical (unpaired) electrons. The molecule has 0 fully saturated rings. The maximum Gasteiger partial charge on any atom is 0.263 e. The molecule has 260 valence electrons. The number of anilines is 2. The Morgan fingerprint density at radius 1 is 0.580 bits per heavy atom. The Bertz CT molecular complexity index is 2160. The maximum absolute atomic E-state index is 14.0. The lowest BCUT2D eigenvalue weighted by atomic mass is 10.3. The second-order valence-corrected chi connectivity index (χ2v) is 14.6. The number of rotatable bonds is 10. The van der Waals surface area contributed by atoms with Crippen LogP contribution in [-0.4, -0.2) is 40.2 Å². The first kappa shape index (κ1) is 36.1. The topological polar surface area (TPSA) is 121 Å². The second-order valence-electron chi connectivity index (χ2n) is 10.9. The van der Waals surface area contributed by atoms with Gasteiger partial charge in [-0.1, -0.05) is 48.0 Å². The van der Waals surface area contributed by atoms with Gasteiger partial charge in [-0.2, -0.15) is 0 Å². The molecule has 14 heteroatoms. The third-order valence-corrected chi connectivity index (χ3v) is 10.6. The Morgan fingerprint density at radius 3 is 1.40 bits per heavy atom. The first-order valence-electron chi connectivity index (χ1n) is 15.0. The van der Waals surface area contributed by atoms with Crippen molar-refractivity contribution in [2.24, 2.45) is 0 Å². The largest absolute Gasteiger partial charge is 0.495 e. The van der Waals surface area contributed by atoms with Gasteiger partial charge in [-0.3, -0.25) is 9.44 Å². The van der Waals surface area contributed by atoms with Crippen molar-refractivity contribution in [1.29, 1.82) is 0 Å². The lowest BCUT2D eigenvalue weighted by Gasteiger charge is -2.15. The van der Waals surface area contributed by atoms with Crippen LogP contribution in [0.4, 0.5) is 16.0 Å². The summed E-state index contributed by atoms with van der Waals surface area (Å²) in [5.41, 5.74) is 2.85. The Labute approximate surface area is 295 Å². The number of nitrogens with one attached hydrogen (secondary N) is 2. The van der Waals surface area contributed by atoms with Gasteiger partial charge in [0, 0.05) is 23.1 Å². The third kappa shape index (κ3) is 7.96. The van der Waals surface area contributed by atoms with Crippen LogP contribution < -0.4 is 18.9 Å². The molecule has 2 aromatic heterocycles. The van der Waals surface area contributed by atoms with E-state index in [9.17, 15) is 21.2 Å². The number of benzene rings is 4. The molecule has 0 aliphatic carbocycles. The van der Waals surface area contributed by atoms with Crippen molar-refractivity contribution in [2.75, 3.05) is 23.7 Å². The highest BCUT2D eigenvalue weighted by atomic mass is 35.5. The van der Waals surface area contributed by atoms with Gasteiger partial charge in [0.25, 0.3) is 20.0 Å². The van der Waals surface area contributed by atoms with E-state index in [2.05, 4.69) is 9.44 Å². The second kappa shape index (κ2) is 15.1. The Hall–Kier alpha value is -5.24.